The molecule has 0 aromatic heterocycles. The second kappa shape index (κ2) is 7.42. The van der Waals surface area contributed by atoms with Gasteiger partial charge in [-0.1, -0.05) is 20.3 Å². The molecule has 1 unspecified atom stereocenters. The number of hydrogen-bond acceptors (Lipinski definition) is 2. The highest BCUT2D eigenvalue weighted by Gasteiger charge is 2.00. The van der Waals surface area contributed by atoms with Gasteiger partial charge >= 0.3 is 0 Å². The van der Waals surface area contributed by atoms with E-state index in [9.17, 15) is 0 Å². The molecule has 62 valence electrons. The molecule has 1 nitrogen and oxygen atoms in total. The van der Waals surface area contributed by atoms with Gasteiger partial charge in [0, 0.05) is 0 Å². The lowest BCUT2D eigenvalue weighted by Crippen LogP contribution is -2.24. The molecule has 2 heteroatoms. The molecule has 0 rings (SSSR count). The molecule has 0 aromatic carbocycles. The first kappa shape index (κ1) is 10.3. The fourth-order valence-corrected chi connectivity index (χ4v) is 1.21. The average molecular weight is 161 g/mol. The summed E-state index contributed by atoms with van der Waals surface area (Å²) in [6.45, 7) is 6.68. The molecular weight excluding hydrogens is 142 g/mol. The van der Waals surface area contributed by atoms with Crippen molar-refractivity contribution < 1.29 is 0 Å². The van der Waals surface area contributed by atoms with E-state index in [1.807, 2.05) is 0 Å². The minimum Gasteiger partial charge on any atom is -0.316 e. The lowest BCUT2D eigenvalue weighted by Gasteiger charge is -2.11. The van der Waals surface area contributed by atoms with Gasteiger partial charge in [-0.2, -0.15) is 12.6 Å². The Labute approximate surface area is 70.0 Å². The van der Waals surface area contributed by atoms with Gasteiger partial charge in [0.15, 0.2) is 0 Å². The van der Waals surface area contributed by atoms with Crippen molar-refractivity contribution >= 4 is 12.6 Å². The highest BCUT2D eigenvalue weighted by Crippen LogP contribution is 2.01. The van der Waals surface area contributed by atoms with Crippen LogP contribution in [0.2, 0.25) is 0 Å². The summed E-state index contributed by atoms with van der Waals surface area (Å²) in [5, 5.41) is 3.39. The molecule has 0 spiro atoms. The normalized spacial score (nSPS) is 13.5. The van der Waals surface area contributed by atoms with Crippen molar-refractivity contribution in [2.24, 2.45) is 5.92 Å². The summed E-state index contributed by atoms with van der Waals surface area (Å²) in [7, 11) is 0. The summed E-state index contributed by atoms with van der Waals surface area (Å²) in [6.07, 6.45) is 2.46. The number of rotatable bonds is 6. The summed E-state index contributed by atoms with van der Waals surface area (Å²) in [6, 6.07) is 0. The first-order chi connectivity index (χ1) is 4.85. The van der Waals surface area contributed by atoms with Crippen LogP contribution in [0.5, 0.6) is 0 Å². The second-order valence-corrected chi connectivity index (χ2v) is 3.03. The maximum atomic E-state index is 4.26. The molecule has 0 fully saturated rings. The molecule has 0 aliphatic rings. The number of thiol groups is 1. The first-order valence-electron chi connectivity index (χ1n) is 4.16. The Morgan fingerprint density at radius 3 is 2.50 bits per heavy atom. The van der Waals surface area contributed by atoms with Crippen molar-refractivity contribution in [3.8, 4) is 0 Å². The molecule has 0 saturated carbocycles. The van der Waals surface area contributed by atoms with E-state index < -0.39 is 0 Å². The van der Waals surface area contributed by atoms with Crippen molar-refractivity contribution in [1.82, 2.24) is 5.32 Å². The highest BCUT2D eigenvalue weighted by atomic mass is 32.1. The minimum absolute atomic E-state index is 0.759. The number of nitrogens with one attached hydrogen (secondary N) is 1. The SMILES string of the molecule is CCCNCC(CC)CS. The summed E-state index contributed by atoms with van der Waals surface area (Å²) in [5.41, 5.74) is 0. The molecule has 1 N–H and O–H groups in total. The molecule has 0 radical (unpaired) electrons. The molecule has 0 aromatic rings. The van der Waals surface area contributed by atoms with Gasteiger partial charge in [-0.3, -0.25) is 0 Å². The van der Waals surface area contributed by atoms with Crippen LogP contribution in [0.3, 0.4) is 0 Å². The maximum absolute atomic E-state index is 4.26. The fraction of sp³-hybridized carbons (Fsp3) is 1.00. The largest absolute Gasteiger partial charge is 0.316 e. The predicted octanol–water partition coefficient (Wildman–Crippen LogP) is 1.94. The van der Waals surface area contributed by atoms with Gasteiger partial charge in [-0.25, -0.2) is 0 Å². The zero-order valence-corrected chi connectivity index (χ0v) is 7.95. The number of hydrogen-bond donors (Lipinski definition) is 2. The molecule has 0 bridgehead atoms. The van der Waals surface area contributed by atoms with Crippen molar-refractivity contribution in [3.63, 3.8) is 0 Å². The van der Waals surface area contributed by atoms with E-state index in [0.29, 0.717) is 0 Å². The van der Waals surface area contributed by atoms with E-state index in [2.05, 4.69) is 31.8 Å². The van der Waals surface area contributed by atoms with Crippen molar-refractivity contribution in [1.29, 1.82) is 0 Å². The van der Waals surface area contributed by atoms with E-state index in [0.717, 1.165) is 24.8 Å². The zero-order valence-electron chi connectivity index (χ0n) is 7.06. The van der Waals surface area contributed by atoms with Gasteiger partial charge in [0.25, 0.3) is 0 Å². The minimum atomic E-state index is 0.759. The molecule has 1 atom stereocenters. The summed E-state index contributed by atoms with van der Waals surface area (Å²) in [4.78, 5) is 0. The van der Waals surface area contributed by atoms with Crippen LogP contribution in [0.4, 0.5) is 0 Å². The van der Waals surface area contributed by atoms with Crippen molar-refractivity contribution in [2.75, 3.05) is 18.8 Å². The van der Waals surface area contributed by atoms with Crippen LogP contribution in [0, 0.1) is 5.92 Å². The van der Waals surface area contributed by atoms with Gasteiger partial charge in [-0.15, -0.1) is 0 Å². The third-order valence-electron chi connectivity index (χ3n) is 1.70. The Kier molecular flexibility index (Phi) is 7.65. The molecule has 0 saturated heterocycles. The van der Waals surface area contributed by atoms with Crippen LogP contribution in [0.1, 0.15) is 26.7 Å². The van der Waals surface area contributed by atoms with E-state index in [4.69, 9.17) is 0 Å². The zero-order chi connectivity index (χ0) is 7.82. The molecule has 0 heterocycles. The maximum Gasteiger partial charge on any atom is -0.00128 e. The lowest BCUT2D eigenvalue weighted by atomic mass is 10.1. The molecule has 0 aliphatic carbocycles. The third-order valence-corrected chi connectivity index (χ3v) is 2.21. The predicted molar refractivity (Wildman–Crippen MR) is 50.8 cm³/mol. The molecule has 0 amide bonds. The molecule has 0 aliphatic heterocycles. The standard InChI is InChI=1S/C8H19NS/c1-3-5-9-6-8(4-2)7-10/h8-10H,3-7H2,1-2H3. The Morgan fingerprint density at radius 1 is 1.40 bits per heavy atom. The van der Waals surface area contributed by atoms with Gasteiger partial charge < -0.3 is 5.32 Å². The Morgan fingerprint density at radius 2 is 2.10 bits per heavy atom. The summed E-state index contributed by atoms with van der Waals surface area (Å²) in [5.74, 6) is 1.77. The van der Waals surface area contributed by atoms with Crippen molar-refractivity contribution in [3.05, 3.63) is 0 Å². The van der Waals surface area contributed by atoms with Gasteiger partial charge in [0.2, 0.25) is 0 Å². The third kappa shape index (κ3) is 5.12. The smallest absolute Gasteiger partial charge is 0.00128 e. The van der Waals surface area contributed by atoms with Gasteiger partial charge in [0.05, 0.1) is 0 Å². The second-order valence-electron chi connectivity index (χ2n) is 2.66. The topological polar surface area (TPSA) is 12.0 Å². The Balaban J connectivity index is 3.09. The van der Waals surface area contributed by atoms with Gasteiger partial charge in [-0.05, 0) is 31.2 Å². The van der Waals surface area contributed by atoms with Crippen LogP contribution in [-0.4, -0.2) is 18.8 Å². The monoisotopic (exact) mass is 161 g/mol. The van der Waals surface area contributed by atoms with Crippen LogP contribution in [-0.2, 0) is 0 Å². The van der Waals surface area contributed by atoms with Crippen molar-refractivity contribution in [2.45, 2.75) is 26.7 Å². The lowest BCUT2D eigenvalue weighted by molar-refractivity contribution is 0.508. The summed E-state index contributed by atoms with van der Waals surface area (Å²) >= 11 is 4.26. The first-order valence-corrected chi connectivity index (χ1v) is 4.79. The van der Waals surface area contributed by atoms with E-state index in [1.165, 1.54) is 12.8 Å². The van der Waals surface area contributed by atoms with Crippen LogP contribution in [0.25, 0.3) is 0 Å². The van der Waals surface area contributed by atoms with E-state index in [-0.39, 0.29) is 0 Å². The fourth-order valence-electron chi connectivity index (χ4n) is 0.821. The van der Waals surface area contributed by atoms with E-state index >= 15 is 0 Å². The average Bonchev–Trinajstić information content (AvgIpc) is 1.99. The van der Waals surface area contributed by atoms with Gasteiger partial charge in [0.1, 0.15) is 0 Å². The van der Waals surface area contributed by atoms with Crippen LogP contribution < -0.4 is 5.32 Å². The Hall–Kier alpha value is 0.310. The Bertz CT molecular complexity index is 62.3. The summed E-state index contributed by atoms with van der Waals surface area (Å²) < 4.78 is 0. The quantitative estimate of drug-likeness (QED) is 0.448. The van der Waals surface area contributed by atoms with Crippen LogP contribution >= 0.6 is 12.6 Å². The molecular formula is C8H19NS. The highest BCUT2D eigenvalue weighted by molar-refractivity contribution is 7.80. The van der Waals surface area contributed by atoms with E-state index in [1.54, 1.807) is 0 Å². The van der Waals surface area contributed by atoms with Crippen LogP contribution in [0.15, 0.2) is 0 Å². The molecule has 10 heavy (non-hydrogen) atoms.